The summed E-state index contributed by atoms with van der Waals surface area (Å²) in [5.74, 6) is -0.0634. The molecule has 0 spiro atoms. The third-order valence-electron chi connectivity index (χ3n) is 1.94. The van der Waals surface area contributed by atoms with E-state index >= 15 is 0 Å². The molecule has 0 aliphatic carbocycles. The highest BCUT2D eigenvalue weighted by atomic mass is 19.1. The van der Waals surface area contributed by atoms with Crippen LogP contribution in [0, 0.1) is 5.82 Å². The van der Waals surface area contributed by atoms with Crippen molar-refractivity contribution in [3.05, 3.63) is 35.1 Å². The van der Waals surface area contributed by atoms with Gasteiger partial charge in [0.15, 0.2) is 0 Å². The molecule has 1 N–H and O–H groups in total. The molecule has 1 nitrogen and oxygen atoms in total. The highest BCUT2D eigenvalue weighted by Gasteiger charge is 2.09. The second kappa shape index (κ2) is 3.68. The summed E-state index contributed by atoms with van der Waals surface area (Å²) in [5.41, 5.74) is 1.31. The van der Waals surface area contributed by atoms with Gasteiger partial charge in [-0.1, -0.05) is 26.0 Å². The van der Waals surface area contributed by atoms with Crippen LogP contribution in [0.15, 0.2) is 18.2 Å². The van der Waals surface area contributed by atoms with E-state index in [1.807, 2.05) is 19.9 Å². The summed E-state index contributed by atoms with van der Waals surface area (Å²) in [6.45, 7) is 3.74. The third-order valence-corrected chi connectivity index (χ3v) is 1.94. The van der Waals surface area contributed by atoms with Crippen molar-refractivity contribution in [2.75, 3.05) is 0 Å². The number of hydrogen-bond acceptors (Lipinski definition) is 1. The Morgan fingerprint density at radius 3 is 2.50 bits per heavy atom. The normalized spacial score (nSPS) is 10.8. The van der Waals surface area contributed by atoms with Crippen LogP contribution < -0.4 is 0 Å². The maximum absolute atomic E-state index is 13.1. The van der Waals surface area contributed by atoms with Crippen molar-refractivity contribution in [1.82, 2.24) is 0 Å². The Kier molecular flexibility index (Phi) is 2.82. The second-order valence-electron chi connectivity index (χ2n) is 3.12. The average Bonchev–Trinajstić information content (AvgIpc) is 2.03. The minimum Gasteiger partial charge on any atom is -0.392 e. The van der Waals surface area contributed by atoms with Crippen molar-refractivity contribution in [3.63, 3.8) is 0 Å². The Morgan fingerprint density at radius 1 is 1.42 bits per heavy atom. The van der Waals surface area contributed by atoms with Gasteiger partial charge in [0, 0.05) is 5.56 Å². The number of halogens is 1. The number of aliphatic hydroxyl groups excluding tert-OH is 1. The molecule has 0 heterocycles. The summed E-state index contributed by atoms with van der Waals surface area (Å²) in [6, 6.07) is 4.89. The Morgan fingerprint density at radius 2 is 2.08 bits per heavy atom. The SMILES string of the molecule is CC(C)c1cccc(F)c1CO. The average molecular weight is 168 g/mol. The highest BCUT2D eigenvalue weighted by Crippen LogP contribution is 2.21. The molecule has 0 atom stereocenters. The smallest absolute Gasteiger partial charge is 0.128 e. The van der Waals surface area contributed by atoms with Crippen LogP contribution >= 0.6 is 0 Å². The molecule has 1 aromatic carbocycles. The van der Waals surface area contributed by atoms with E-state index in [0.717, 1.165) is 5.56 Å². The van der Waals surface area contributed by atoms with Gasteiger partial charge in [-0.3, -0.25) is 0 Å². The largest absolute Gasteiger partial charge is 0.392 e. The van der Waals surface area contributed by atoms with E-state index in [0.29, 0.717) is 5.56 Å². The number of aliphatic hydroxyl groups is 1. The minimum absolute atomic E-state index is 0.222. The molecule has 0 amide bonds. The van der Waals surface area contributed by atoms with Gasteiger partial charge in [0.05, 0.1) is 6.61 Å². The van der Waals surface area contributed by atoms with Gasteiger partial charge in [-0.05, 0) is 17.5 Å². The zero-order chi connectivity index (χ0) is 9.14. The van der Waals surface area contributed by atoms with Crippen LogP contribution in [0.4, 0.5) is 4.39 Å². The van der Waals surface area contributed by atoms with E-state index in [1.54, 1.807) is 6.07 Å². The van der Waals surface area contributed by atoms with Crippen LogP contribution in [-0.2, 0) is 6.61 Å². The fraction of sp³-hybridized carbons (Fsp3) is 0.400. The van der Waals surface area contributed by atoms with E-state index in [1.165, 1.54) is 6.07 Å². The molecule has 0 radical (unpaired) electrons. The second-order valence-corrected chi connectivity index (χ2v) is 3.12. The molecule has 66 valence electrons. The van der Waals surface area contributed by atoms with E-state index in [-0.39, 0.29) is 18.3 Å². The summed E-state index contributed by atoms with van der Waals surface area (Å²) in [6.07, 6.45) is 0. The first-order valence-electron chi connectivity index (χ1n) is 4.05. The summed E-state index contributed by atoms with van der Waals surface area (Å²) in [4.78, 5) is 0. The summed E-state index contributed by atoms with van der Waals surface area (Å²) >= 11 is 0. The maximum Gasteiger partial charge on any atom is 0.128 e. The Hall–Kier alpha value is -0.890. The maximum atomic E-state index is 13.1. The molecule has 0 aliphatic rings. The monoisotopic (exact) mass is 168 g/mol. The Balaban J connectivity index is 3.18. The van der Waals surface area contributed by atoms with Crippen LogP contribution in [0.3, 0.4) is 0 Å². The molecule has 0 bridgehead atoms. The highest BCUT2D eigenvalue weighted by molar-refractivity contribution is 5.30. The predicted molar refractivity (Wildman–Crippen MR) is 46.4 cm³/mol. The molecule has 0 aliphatic heterocycles. The first-order chi connectivity index (χ1) is 5.66. The van der Waals surface area contributed by atoms with Gasteiger partial charge >= 0.3 is 0 Å². The molecule has 2 heteroatoms. The molecule has 0 saturated carbocycles. The van der Waals surface area contributed by atoms with Gasteiger partial charge in [0.2, 0.25) is 0 Å². The van der Waals surface area contributed by atoms with Gasteiger partial charge in [-0.15, -0.1) is 0 Å². The summed E-state index contributed by atoms with van der Waals surface area (Å²) < 4.78 is 13.1. The van der Waals surface area contributed by atoms with Crippen LogP contribution in [0.2, 0.25) is 0 Å². The van der Waals surface area contributed by atoms with E-state index < -0.39 is 0 Å². The molecular formula is C10H13FO. The topological polar surface area (TPSA) is 20.2 Å². The zero-order valence-corrected chi connectivity index (χ0v) is 7.34. The van der Waals surface area contributed by atoms with Gasteiger partial charge in [-0.25, -0.2) is 4.39 Å². The fourth-order valence-electron chi connectivity index (χ4n) is 1.28. The molecule has 0 aromatic heterocycles. The lowest BCUT2D eigenvalue weighted by atomic mass is 9.97. The molecule has 0 saturated heterocycles. The standard InChI is InChI=1S/C10H13FO/c1-7(2)8-4-3-5-10(11)9(8)6-12/h3-5,7,12H,6H2,1-2H3. The van der Waals surface area contributed by atoms with Crippen molar-refractivity contribution in [1.29, 1.82) is 0 Å². The summed E-state index contributed by atoms with van der Waals surface area (Å²) in [5, 5.41) is 8.91. The Bertz CT molecular complexity index is 269. The lowest BCUT2D eigenvalue weighted by molar-refractivity contribution is 0.274. The quantitative estimate of drug-likeness (QED) is 0.719. The lowest BCUT2D eigenvalue weighted by Crippen LogP contribution is -1.99. The van der Waals surface area contributed by atoms with E-state index in [9.17, 15) is 4.39 Å². The van der Waals surface area contributed by atoms with Crippen molar-refractivity contribution in [2.45, 2.75) is 26.4 Å². The minimum atomic E-state index is -0.316. The first kappa shape index (κ1) is 9.20. The van der Waals surface area contributed by atoms with E-state index in [4.69, 9.17) is 5.11 Å². The fourth-order valence-corrected chi connectivity index (χ4v) is 1.28. The van der Waals surface area contributed by atoms with Crippen molar-refractivity contribution >= 4 is 0 Å². The lowest BCUT2D eigenvalue weighted by Gasteiger charge is -2.10. The van der Waals surface area contributed by atoms with Crippen LogP contribution in [0.5, 0.6) is 0 Å². The third kappa shape index (κ3) is 1.64. The molecule has 0 unspecified atom stereocenters. The van der Waals surface area contributed by atoms with Gasteiger partial charge in [0.1, 0.15) is 5.82 Å². The van der Waals surface area contributed by atoms with Crippen LogP contribution in [-0.4, -0.2) is 5.11 Å². The van der Waals surface area contributed by atoms with Gasteiger partial charge < -0.3 is 5.11 Å². The van der Waals surface area contributed by atoms with Gasteiger partial charge in [-0.2, -0.15) is 0 Å². The van der Waals surface area contributed by atoms with Crippen molar-refractivity contribution in [2.24, 2.45) is 0 Å². The first-order valence-corrected chi connectivity index (χ1v) is 4.05. The number of hydrogen-bond donors (Lipinski definition) is 1. The molecule has 1 rings (SSSR count). The van der Waals surface area contributed by atoms with Gasteiger partial charge in [0.25, 0.3) is 0 Å². The molecule has 12 heavy (non-hydrogen) atoms. The zero-order valence-electron chi connectivity index (χ0n) is 7.34. The molecule has 0 fully saturated rings. The summed E-state index contributed by atoms with van der Waals surface area (Å²) in [7, 11) is 0. The van der Waals surface area contributed by atoms with Crippen LogP contribution in [0.25, 0.3) is 0 Å². The molecular weight excluding hydrogens is 155 g/mol. The van der Waals surface area contributed by atoms with Crippen LogP contribution in [0.1, 0.15) is 30.9 Å². The van der Waals surface area contributed by atoms with E-state index in [2.05, 4.69) is 0 Å². The Labute approximate surface area is 71.9 Å². The molecule has 1 aromatic rings. The van der Waals surface area contributed by atoms with Crippen molar-refractivity contribution < 1.29 is 9.50 Å². The predicted octanol–water partition coefficient (Wildman–Crippen LogP) is 2.44. The number of rotatable bonds is 2. The van der Waals surface area contributed by atoms with Crippen molar-refractivity contribution in [3.8, 4) is 0 Å². The number of benzene rings is 1.